The predicted molar refractivity (Wildman–Crippen MR) is 57.0 cm³/mol. The van der Waals surface area contributed by atoms with E-state index >= 15 is 0 Å². The Labute approximate surface area is 101 Å². The van der Waals surface area contributed by atoms with Crippen LogP contribution in [-0.2, 0) is 6.61 Å². The van der Waals surface area contributed by atoms with Gasteiger partial charge in [0.2, 0.25) is 12.2 Å². The van der Waals surface area contributed by atoms with Crippen LogP contribution in [-0.4, -0.2) is 21.2 Å². The Bertz CT molecular complexity index is 527. The largest absolute Gasteiger partial charge is 0.485 e. The van der Waals surface area contributed by atoms with Crippen LogP contribution in [0.5, 0.6) is 5.75 Å². The molecule has 1 heterocycles. The van der Waals surface area contributed by atoms with Crippen LogP contribution in [0.4, 0.5) is 0 Å². The topological polar surface area (TPSA) is 85.5 Å². The van der Waals surface area contributed by atoms with Crippen molar-refractivity contribution in [1.29, 1.82) is 0 Å². The summed E-state index contributed by atoms with van der Waals surface area (Å²) in [7, 11) is 0. The summed E-state index contributed by atoms with van der Waals surface area (Å²) < 4.78 is 9.79. The number of hydrogen-bond acceptors (Lipinski definition) is 5. The Balaban J connectivity index is 2.21. The second-order valence-electron chi connectivity index (χ2n) is 3.05. The number of rotatable bonds is 4. The van der Waals surface area contributed by atoms with E-state index in [1.54, 1.807) is 6.07 Å². The Morgan fingerprint density at radius 3 is 3.00 bits per heavy atom. The van der Waals surface area contributed by atoms with Crippen LogP contribution in [0.25, 0.3) is 0 Å². The fourth-order valence-corrected chi connectivity index (χ4v) is 1.48. The zero-order valence-corrected chi connectivity index (χ0v) is 9.22. The van der Waals surface area contributed by atoms with E-state index in [0.717, 1.165) is 6.39 Å². The minimum absolute atomic E-state index is 0.0110. The number of carboxylic acids is 1. The number of carboxylic acid groups (broad SMARTS) is 1. The van der Waals surface area contributed by atoms with Crippen LogP contribution in [0.3, 0.4) is 0 Å². The molecule has 2 rings (SSSR count). The zero-order valence-electron chi connectivity index (χ0n) is 8.46. The molecule has 0 bridgehead atoms. The van der Waals surface area contributed by atoms with Crippen LogP contribution in [0.1, 0.15) is 16.2 Å². The fourth-order valence-electron chi connectivity index (χ4n) is 1.23. The summed E-state index contributed by atoms with van der Waals surface area (Å²) in [5.41, 5.74) is -0.0855. The van der Waals surface area contributed by atoms with Gasteiger partial charge >= 0.3 is 5.97 Å². The van der Waals surface area contributed by atoms with Crippen molar-refractivity contribution in [2.75, 3.05) is 0 Å². The van der Waals surface area contributed by atoms with E-state index in [-0.39, 0.29) is 22.9 Å². The van der Waals surface area contributed by atoms with Gasteiger partial charge in [-0.05, 0) is 12.1 Å². The van der Waals surface area contributed by atoms with Crippen molar-refractivity contribution in [3.05, 3.63) is 41.0 Å². The monoisotopic (exact) mass is 254 g/mol. The van der Waals surface area contributed by atoms with E-state index < -0.39 is 5.97 Å². The van der Waals surface area contributed by atoms with Crippen LogP contribution >= 0.6 is 11.6 Å². The van der Waals surface area contributed by atoms with Gasteiger partial charge in [0.1, 0.15) is 11.3 Å². The molecule has 0 aliphatic carbocycles. The maximum atomic E-state index is 11.0. The number of aromatic nitrogens is 2. The summed E-state index contributed by atoms with van der Waals surface area (Å²) in [6, 6.07) is 4.59. The zero-order chi connectivity index (χ0) is 12.3. The number of benzene rings is 1. The molecule has 1 aromatic carbocycles. The van der Waals surface area contributed by atoms with Crippen LogP contribution in [0.2, 0.25) is 5.02 Å². The number of ether oxygens (including phenoxy) is 1. The Hall–Kier alpha value is -2.08. The first kappa shape index (κ1) is 11.4. The Kier molecular flexibility index (Phi) is 3.24. The molecule has 2 aromatic rings. The molecule has 7 heteroatoms. The third-order valence-corrected chi connectivity index (χ3v) is 2.27. The lowest BCUT2D eigenvalue weighted by atomic mass is 10.2. The van der Waals surface area contributed by atoms with Gasteiger partial charge < -0.3 is 14.4 Å². The average molecular weight is 255 g/mol. The highest BCUT2D eigenvalue weighted by Crippen LogP contribution is 2.26. The minimum atomic E-state index is -1.15. The molecule has 0 spiro atoms. The molecule has 0 atom stereocenters. The van der Waals surface area contributed by atoms with Gasteiger partial charge in [-0.25, -0.2) is 4.79 Å². The van der Waals surface area contributed by atoms with E-state index in [1.807, 2.05) is 0 Å². The summed E-state index contributed by atoms with van der Waals surface area (Å²) in [5.74, 6) is -0.671. The molecule has 1 N–H and O–H groups in total. The third-order valence-electron chi connectivity index (χ3n) is 1.95. The molecule has 0 aliphatic rings. The highest BCUT2D eigenvalue weighted by molar-refractivity contribution is 6.33. The maximum absolute atomic E-state index is 11.0. The molecule has 88 valence electrons. The minimum Gasteiger partial charge on any atom is -0.485 e. The van der Waals surface area contributed by atoms with Crippen molar-refractivity contribution in [2.24, 2.45) is 0 Å². The number of hydrogen-bond donors (Lipinski definition) is 1. The van der Waals surface area contributed by atoms with E-state index in [9.17, 15) is 4.79 Å². The van der Waals surface area contributed by atoms with Crippen LogP contribution in [0, 0.1) is 0 Å². The normalized spacial score (nSPS) is 10.2. The molecular formula is C10H7ClN2O4. The fraction of sp³-hybridized carbons (Fsp3) is 0.100. The van der Waals surface area contributed by atoms with Gasteiger partial charge in [-0.1, -0.05) is 22.8 Å². The SMILES string of the molecule is O=C(O)c1c(Cl)cccc1OCc1ncon1. The first-order valence-electron chi connectivity index (χ1n) is 4.58. The second-order valence-corrected chi connectivity index (χ2v) is 3.46. The summed E-state index contributed by atoms with van der Waals surface area (Å²) in [6.07, 6.45) is 1.16. The molecule has 0 saturated heterocycles. The number of aromatic carboxylic acids is 1. The van der Waals surface area contributed by atoms with E-state index in [0.29, 0.717) is 5.82 Å². The Morgan fingerprint density at radius 1 is 1.53 bits per heavy atom. The van der Waals surface area contributed by atoms with Gasteiger partial charge in [-0.2, -0.15) is 4.98 Å². The molecule has 0 radical (unpaired) electrons. The highest BCUT2D eigenvalue weighted by atomic mass is 35.5. The maximum Gasteiger partial charge on any atom is 0.341 e. The third kappa shape index (κ3) is 2.54. The van der Waals surface area contributed by atoms with Crippen LogP contribution in [0.15, 0.2) is 29.1 Å². The van der Waals surface area contributed by atoms with Crippen molar-refractivity contribution in [3.8, 4) is 5.75 Å². The highest BCUT2D eigenvalue weighted by Gasteiger charge is 2.15. The van der Waals surface area contributed by atoms with Gasteiger partial charge in [-0.3, -0.25) is 0 Å². The van der Waals surface area contributed by atoms with E-state index in [1.165, 1.54) is 12.1 Å². The van der Waals surface area contributed by atoms with Crippen molar-refractivity contribution < 1.29 is 19.2 Å². The second kappa shape index (κ2) is 4.84. The molecule has 0 fully saturated rings. The van der Waals surface area contributed by atoms with Crippen molar-refractivity contribution in [3.63, 3.8) is 0 Å². The smallest absolute Gasteiger partial charge is 0.341 e. The summed E-state index contributed by atoms with van der Waals surface area (Å²) >= 11 is 5.77. The van der Waals surface area contributed by atoms with Gasteiger partial charge in [0.15, 0.2) is 6.61 Å². The lowest BCUT2D eigenvalue weighted by molar-refractivity contribution is 0.0692. The number of nitrogens with zero attached hydrogens (tertiary/aromatic N) is 2. The average Bonchev–Trinajstić information content (AvgIpc) is 2.78. The van der Waals surface area contributed by atoms with Gasteiger partial charge in [-0.15, -0.1) is 0 Å². The summed E-state index contributed by atoms with van der Waals surface area (Å²) in [4.78, 5) is 14.7. The molecule has 17 heavy (non-hydrogen) atoms. The van der Waals surface area contributed by atoms with Gasteiger partial charge in [0.25, 0.3) is 0 Å². The first-order valence-corrected chi connectivity index (χ1v) is 4.96. The van der Waals surface area contributed by atoms with E-state index in [4.69, 9.17) is 21.4 Å². The predicted octanol–water partition coefficient (Wildman–Crippen LogP) is 2.00. The molecule has 6 nitrogen and oxygen atoms in total. The van der Waals surface area contributed by atoms with Crippen molar-refractivity contribution in [2.45, 2.75) is 6.61 Å². The molecule has 1 aromatic heterocycles. The quantitative estimate of drug-likeness (QED) is 0.898. The van der Waals surface area contributed by atoms with Crippen LogP contribution < -0.4 is 4.74 Å². The van der Waals surface area contributed by atoms with Gasteiger partial charge in [0.05, 0.1) is 5.02 Å². The molecule has 0 aliphatic heterocycles. The molecule has 0 saturated carbocycles. The lowest BCUT2D eigenvalue weighted by Gasteiger charge is -2.08. The molecule has 0 unspecified atom stereocenters. The lowest BCUT2D eigenvalue weighted by Crippen LogP contribution is -2.05. The molecular weight excluding hydrogens is 248 g/mol. The number of halogens is 1. The Morgan fingerprint density at radius 2 is 2.35 bits per heavy atom. The summed E-state index contributed by atoms with van der Waals surface area (Å²) in [6.45, 7) is 0.0110. The van der Waals surface area contributed by atoms with Gasteiger partial charge in [0, 0.05) is 0 Å². The summed E-state index contributed by atoms with van der Waals surface area (Å²) in [5, 5.41) is 12.6. The standard InChI is InChI=1S/C10H7ClN2O4/c11-6-2-1-3-7(9(6)10(14)15)16-4-8-12-5-17-13-8/h1-3,5H,4H2,(H,14,15). The number of carbonyl (C=O) groups is 1. The first-order chi connectivity index (χ1) is 8.18. The van der Waals surface area contributed by atoms with Crippen molar-refractivity contribution >= 4 is 17.6 Å². The van der Waals surface area contributed by atoms with E-state index in [2.05, 4.69) is 14.7 Å². The molecule has 0 amide bonds. The van der Waals surface area contributed by atoms with Crippen molar-refractivity contribution in [1.82, 2.24) is 10.1 Å².